The van der Waals surface area contributed by atoms with Crippen LogP contribution in [0.5, 0.6) is 0 Å². The van der Waals surface area contributed by atoms with Gasteiger partial charge in [0.15, 0.2) is 0 Å². The van der Waals surface area contributed by atoms with Crippen molar-refractivity contribution in [3.8, 4) is 11.8 Å². The van der Waals surface area contributed by atoms with Gasteiger partial charge < -0.3 is 9.31 Å². The highest BCUT2D eigenvalue weighted by Crippen LogP contribution is 2.04. The molecule has 17 heavy (non-hydrogen) atoms. The van der Waals surface area contributed by atoms with E-state index in [1.165, 1.54) is 19.3 Å². The Balaban J connectivity index is 3.88. The topological polar surface area (TPSA) is 18.5 Å². The van der Waals surface area contributed by atoms with E-state index in [0.29, 0.717) is 6.32 Å². The minimum atomic E-state index is -0.186. The van der Waals surface area contributed by atoms with Crippen LogP contribution >= 0.6 is 0 Å². The molecule has 0 bridgehead atoms. The van der Waals surface area contributed by atoms with Gasteiger partial charge in [-0.1, -0.05) is 19.8 Å². The maximum absolute atomic E-state index is 5.66. The van der Waals surface area contributed by atoms with Gasteiger partial charge in [0.1, 0.15) is 0 Å². The zero-order chi connectivity index (χ0) is 13.1. The molecular weight excluding hydrogens is 211 g/mol. The smallest absolute Gasteiger partial charge is 0.408 e. The summed E-state index contributed by atoms with van der Waals surface area (Å²) in [5, 5.41) is 0. The Bertz CT molecular complexity index is 218. The van der Waals surface area contributed by atoms with E-state index in [0.717, 1.165) is 6.42 Å². The van der Waals surface area contributed by atoms with E-state index in [4.69, 9.17) is 9.31 Å². The fourth-order valence-electron chi connectivity index (χ4n) is 1.44. The fraction of sp³-hybridized carbons (Fsp3) is 0.857. The monoisotopic (exact) mass is 238 g/mol. The third kappa shape index (κ3) is 11.8. The van der Waals surface area contributed by atoms with Gasteiger partial charge in [-0.2, -0.15) is 0 Å². The molecule has 0 unspecified atom stereocenters. The molecule has 0 atom stereocenters. The van der Waals surface area contributed by atoms with E-state index in [-0.39, 0.29) is 19.3 Å². The van der Waals surface area contributed by atoms with Crippen molar-refractivity contribution in [1.29, 1.82) is 0 Å². The Morgan fingerprint density at radius 3 is 2.00 bits per heavy atom. The van der Waals surface area contributed by atoms with Gasteiger partial charge >= 0.3 is 7.12 Å². The number of hydrogen-bond donors (Lipinski definition) is 0. The van der Waals surface area contributed by atoms with Crippen molar-refractivity contribution >= 4 is 7.12 Å². The molecule has 0 N–H and O–H groups in total. The summed E-state index contributed by atoms with van der Waals surface area (Å²) in [5.74, 6) is 6.34. The van der Waals surface area contributed by atoms with Gasteiger partial charge in [0.2, 0.25) is 0 Å². The predicted octanol–water partition coefficient (Wildman–Crippen LogP) is 3.91. The minimum absolute atomic E-state index is 0.181. The van der Waals surface area contributed by atoms with Gasteiger partial charge in [-0.25, -0.2) is 0 Å². The van der Waals surface area contributed by atoms with Gasteiger partial charge in [-0.3, -0.25) is 0 Å². The van der Waals surface area contributed by atoms with Gasteiger partial charge in [0.05, 0.1) is 0 Å². The van der Waals surface area contributed by atoms with Crippen LogP contribution in [0.25, 0.3) is 0 Å². The first-order valence-corrected chi connectivity index (χ1v) is 6.82. The Morgan fingerprint density at radius 1 is 0.941 bits per heavy atom. The van der Waals surface area contributed by atoms with Crippen LogP contribution in [0.1, 0.15) is 60.3 Å². The van der Waals surface area contributed by atoms with Crippen molar-refractivity contribution in [3.05, 3.63) is 0 Å². The van der Waals surface area contributed by atoms with Crippen molar-refractivity contribution in [3.63, 3.8) is 0 Å². The SMILES string of the molecule is CCCCCC#CCB(OC(C)C)OC(C)C. The summed E-state index contributed by atoms with van der Waals surface area (Å²) in [6.45, 7) is 10.3. The Morgan fingerprint density at radius 2 is 1.53 bits per heavy atom. The molecule has 0 aromatic heterocycles. The molecule has 2 nitrogen and oxygen atoms in total. The van der Waals surface area contributed by atoms with Crippen LogP contribution < -0.4 is 0 Å². The number of unbranched alkanes of at least 4 members (excludes halogenated alkanes) is 3. The molecule has 0 heterocycles. The molecule has 0 aromatic carbocycles. The summed E-state index contributed by atoms with van der Waals surface area (Å²) in [6.07, 6.45) is 5.73. The van der Waals surface area contributed by atoms with E-state index in [9.17, 15) is 0 Å². The van der Waals surface area contributed by atoms with Gasteiger partial charge in [0.25, 0.3) is 0 Å². The first-order chi connectivity index (χ1) is 8.06. The lowest BCUT2D eigenvalue weighted by Crippen LogP contribution is -2.28. The summed E-state index contributed by atoms with van der Waals surface area (Å²) in [6, 6.07) is 0. The predicted molar refractivity (Wildman–Crippen MR) is 74.9 cm³/mol. The second kappa shape index (κ2) is 10.7. The van der Waals surface area contributed by atoms with Crippen molar-refractivity contribution in [2.24, 2.45) is 0 Å². The lowest BCUT2D eigenvalue weighted by atomic mass is 9.84. The quantitative estimate of drug-likeness (QED) is 0.362. The second-order valence-corrected chi connectivity index (χ2v) is 4.81. The lowest BCUT2D eigenvalue weighted by molar-refractivity contribution is 0.132. The highest BCUT2D eigenvalue weighted by Gasteiger charge is 2.19. The van der Waals surface area contributed by atoms with Crippen molar-refractivity contribution in [2.75, 3.05) is 0 Å². The first kappa shape index (κ1) is 16.5. The summed E-state index contributed by atoms with van der Waals surface area (Å²) >= 11 is 0. The van der Waals surface area contributed by atoms with Crippen molar-refractivity contribution in [2.45, 2.75) is 78.8 Å². The first-order valence-electron chi connectivity index (χ1n) is 6.82. The molecule has 0 aliphatic heterocycles. The van der Waals surface area contributed by atoms with E-state index < -0.39 is 0 Å². The molecule has 0 rings (SSSR count). The molecular formula is C14H27BO2. The Hall–Kier alpha value is -0.455. The van der Waals surface area contributed by atoms with Crippen LogP contribution in [0.15, 0.2) is 0 Å². The highest BCUT2D eigenvalue weighted by atomic mass is 16.6. The number of hydrogen-bond acceptors (Lipinski definition) is 2. The zero-order valence-electron chi connectivity index (χ0n) is 12.1. The molecule has 0 amide bonds. The minimum Gasteiger partial charge on any atom is -0.408 e. The molecule has 0 fully saturated rings. The third-order valence-electron chi connectivity index (χ3n) is 2.15. The summed E-state index contributed by atoms with van der Waals surface area (Å²) in [5.41, 5.74) is 0. The van der Waals surface area contributed by atoms with Gasteiger partial charge in [-0.05, 0) is 34.1 Å². The number of rotatable bonds is 8. The third-order valence-corrected chi connectivity index (χ3v) is 2.15. The van der Waals surface area contributed by atoms with Gasteiger partial charge in [-0.15, -0.1) is 11.8 Å². The highest BCUT2D eigenvalue weighted by molar-refractivity contribution is 6.45. The van der Waals surface area contributed by atoms with E-state index in [1.54, 1.807) is 0 Å². The molecule has 3 heteroatoms. The average Bonchev–Trinajstić information content (AvgIpc) is 2.21. The molecule has 0 saturated heterocycles. The molecule has 0 aliphatic rings. The second-order valence-electron chi connectivity index (χ2n) is 4.81. The molecule has 98 valence electrons. The summed E-state index contributed by atoms with van der Waals surface area (Å²) in [4.78, 5) is 0. The standard InChI is InChI=1S/C14H27BO2/c1-6-7-8-9-10-11-12-15(16-13(2)3)17-14(4)5/h13-14H,6-9,12H2,1-5H3. The average molecular weight is 238 g/mol. The van der Waals surface area contributed by atoms with E-state index in [2.05, 4.69) is 18.8 Å². The molecule has 0 radical (unpaired) electrons. The van der Waals surface area contributed by atoms with Crippen molar-refractivity contribution in [1.82, 2.24) is 0 Å². The molecule has 0 spiro atoms. The van der Waals surface area contributed by atoms with E-state index >= 15 is 0 Å². The van der Waals surface area contributed by atoms with Crippen LogP contribution in [0.4, 0.5) is 0 Å². The maximum atomic E-state index is 5.66. The van der Waals surface area contributed by atoms with Crippen LogP contribution in [-0.4, -0.2) is 19.3 Å². The van der Waals surface area contributed by atoms with Crippen LogP contribution in [0.3, 0.4) is 0 Å². The summed E-state index contributed by atoms with van der Waals surface area (Å²) < 4.78 is 11.3. The summed E-state index contributed by atoms with van der Waals surface area (Å²) in [7, 11) is -0.186. The zero-order valence-corrected chi connectivity index (χ0v) is 12.1. The van der Waals surface area contributed by atoms with Gasteiger partial charge in [0, 0.05) is 24.9 Å². The largest absolute Gasteiger partial charge is 0.469 e. The Kier molecular flexibility index (Phi) is 10.4. The van der Waals surface area contributed by atoms with Crippen LogP contribution in [0, 0.1) is 11.8 Å². The Labute approximate surface area is 108 Å². The normalized spacial score (nSPS) is 10.5. The molecule has 0 aromatic rings. The van der Waals surface area contributed by atoms with E-state index in [1.807, 2.05) is 27.7 Å². The van der Waals surface area contributed by atoms with Crippen LogP contribution in [-0.2, 0) is 9.31 Å². The molecule has 0 saturated carbocycles. The fourth-order valence-corrected chi connectivity index (χ4v) is 1.44. The van der Waals surface area contributed by atoms with Crippen molar-refractivity contribution < 1.29 is 9.31 Å². The lowest BCUT2D eigenvalue weighted by Gasteiger charge is -2.17. The molecule has 0 aliphatic carbocycles. The maximum Gasteiger partial charge on any atom is 0.469 e. The van der Waals surface area contributed by atoms with Crippen LogP contribution in [0.2, 0.25) is 6.32 Å².